The van der Waals surface area contributed by atoms with Crippen LogP contribution in [0.1, 0.15) is 30.2 Å². The number of nitrogens with zero attached hydrogens (tertiary/aromatic N) is 1. The molecule has 0 bridgehead atoms. The third-order valence-electron chi connectivity index (χ3n) is 4.03. The van der Waals surface area contributed by atoms with Crippen LogP contribution in [0, 0.1) is 0 Å². The highest BCUT2D eigenvalue weighted by atomic mass is 16.5. The van der Waals surface area contributed by atoms with E-state index in [9.17, 15) is 4.79 Å². The van der Waals surface area contributed by atoms with Gasteiger partial charge in [0.2, 0.25) is 0 Å². The standard InChI is InChI=1S/C21H21NO3/c1-2-5-17-12-15(13-21(23)24)8-11-20(17)25-14-18-10-9-16-6-3-4-7-19(16)22-18/h3-4,6-12H,2,5,13-14H2,1H3,(H,23,24). The average Bonchev–Trinajstić information content (AvgIpc) is 2.61. The van der Waals surface area contributed by atoms with Gasteiger partial charge in [0.25, 0.3) is 0 Å². The van der Waals surface area contributed by atoms with Crippen molar-refractivity contribution < 1.29 is 14.6 Å². The van der Waals surface area contributed by atoms with Crippen molar-refractivity contribution in [3.63, 3.8) is 0 Å². The van der Waals surface area contributed by atoms with Crippen LogP contribution in [0.3, 0.4) is 0 Å². The van der Waals surface area contributed by atoms with E-state index in [-0.39, 0.29) is 6.42 Å². The lowest BCUT2D eigenvalue weighted by molar-refractivity contribution is -0.136. The molecular weight excluding hydrogens is 314 g/mol. The molecule has 4 nitrogen and oxygen atoms in total. The summed E-state index contributed by atoms with van der Waals surface area (Å²) in [7, 11) is 0. The maximum absolute atomic E-state index is 10.9. The Balaban J connectivity index is 1.77. The SMILES string of the molecule is CCCc1cc(CC(=O)O)ccc1OCc1ccc2ccccc2n1. The van der Waals surface area contributed by atoms with Gasteiger partial charge < -0.3 is 9.84 Å². The lowest BCUT2D eigenvalue weighted by Crippen LogP contribution is -2.04. The van der Waals surface area contributed by atoms with E-state index in [0.29, 0.717) is 6.61 Å². The van der Waals surface area contributed by atoms with Gasteiger partial charge in [-0.15, -0.1) is 0 Å². The van der Waals surface area contributed by atoms with E-state index in [0.717, 1.165) is 46.3 Å². The van der Waals surface area contributed by atoms with Crippen molar-refractivity contribution >= 4 is 16.9 Å². The Morgan fingerprint density at radius 3 is 2.76 bits per heavy atom. The number of carboxylic acids is 1. The van der Waals surface area contributed by atoms with Gasteiger partial charge in [-0.05, 0) is 35.7 Å². The van der Waals surface area contributed by atoms with Crippen LogP contribution < -0.4 is 4.74 Å². The first-order valence-electron chi connectivity index (χ1n) is 8.47. The molecule has 0 unspecified atom stereocenters. The zero-order valence-electron chi connectivity index (χ0n) is 14.2. The number of aliphatic carboxylic acids is 1. The summed E-state index contributed by atoms with van der Waals surface area (Å²) < 4.78 is 5.97. The predicted octanol–water partition coefficient (Wildman–Crippen LogP) is 4.39. The quantitative estimate of drug-likeness (QED) is 0.695. The summed E-state index contributed by atoms with van der Waals surface area (Å²) >= 11 is 0. The molecule has 128 valence electrons. The van der Waals surface area contributed by atoms with Crippen LogP contribution in [-0.4, -0.2) is 16.1 Å². The normalized spacial score (nSPS) is 10.8. The maximum Gasteiger partial charge on any atom is 0.307 e. The fourth-order valence-electron chi connectivity index (χ4n) is 2.86. The molecule has 3 aromatic rings. The minimum Gasteiger partial charge on any atom is -0.487 e. The van der Waals surface area contributed by atoms with E-state index in [2.05, 4.69) is 11.9 Å². The molecule has 0 spiro atoms. The van der Waals surface area contributed by atoms with Crippen molar-refractivity contribution in [3.05, 3.63) is 71.4 Å². The smallest absolute Gasteiger partial charge is 0.307 e. The van der Waals surface area contributed by atoms with Crippen LogP contribution in [-0.2, 0) is 24.2 Å². The monoisotopic (exact) mass is 335 g/mol. The third kappa shape index (κ3) is 4.35. The Labute approximate surface area is 147 Å². The Morgan fingerprint density at radius 2 is 1.96 bits per heavy atom. The minimum atomic E-state index is -0.823. The summed E-state index contributed by atoms with van der Waals surface area (Å²) in [6.45, 7) is 2.48. The van der Waals surface area contributed by atoms with E-state index in [4.69, 9.17) is 9.84 Å². The van der Waals surface area contributed by atoms with Gasteiger partial charge in [-0.2, -0.15) is 0 Å². The molecule has 0 fully saturated rings. The average molecular weight is 335 g/mol. The number of carboxylic acid groups (broad SMARTS) is 1. The van der Waals surface area contributed by atoms with Crippen molar-refractivity contribution in [1.82, 2.24) is 4.98 Å². The Bertz CT molecular complexity index is 889. The fraction of sp³-hybridized carbons (Fsp3) is 0.238. The van der Waals surface area contributed by atoms with Gasteiger partial charge in [-0.3, -0.25) is 4.79 Å². The number of benzene rings is 2. The van der Waals surface area contributed by atoms with Gasteiger partial charge in [0.15, 0.2) is 0 Å². The Kier molecular flexibility index (Phi) is 5.29. The predicted molar refractivity (Wildman–Crippen MR) is 97.9 cm³/mol. The highest BCUT2D eigenvalue weighted by molar-refractivity contribution is 5.78. The Morgan fingerprint density at radius 1 is 1.12 bits per heavy atom. The van der Waals surface area contributed by atoms with Gasteiger partial charge in [-0.1, -0.05) is 49.7 Å². The zero-order chi connectivity index (χ0) is 17.6. The van der Waals surface area contributed by atoms with E-state index in [1.54, 1.807) is 0 Å². The molecule has 0 saturated heterocycles. The summed E-state index contributed by atoms with van der Waals surface area (Å²) in [5.41, 5.74) is 3.67. The highest BCUT2D eigenvalue weighted by Gasteiger charge is 2.08. The molecule has 0 aliphatic heterocycles. The number of ether oxygens (including phenoxy) is 1. The van der Waals surface area contributed by atoms with Crippen LogP contribution >= 0.6 is 0 Å². The molecule has 1 heterocycles. The van der Waals surface area contributed by atoms with Crippen molar-refractivity contribution in [1.29, 1.82) is 0 Å². The number of aryl methyl sites for hydroxylation is 1. The van der Waals surface area contributed by atoms with Crippen molar-refractivity contribution in [3.8, 4) is 5.75 Å². The molecule has 1 N–H and O–H groups in total. The molecule has 1 aromatic heterocycles. The summed E-state index contributed by atoms with van der Waals surface area (Å²) in [6, 6.07) is 17.6. The number of hydrogen-bond donors (Lipinski definition) is 1. The van der Waals surface area contributed by atoms with Gasteiger partial charge in [0, 0.05) is 5.39 Å². The summed E-state index contributed by atoms with van der Waals surface area (Å²) in [5.74, 6) is -0.0255. The fourth-order valence-corrected chi connectivity index (χ4v) is 2.86. The summed E-state index contributed by atoms with van der Waals surface area (Å²) in [6.07, 6.45) is 1.86. The van der Waals surface area contributed by atoms with Gasteiger partial charge in [0.05, 0.1) is 17.6 Å². The largest absolute Gasteiger partial charge is 0.487 e. The number of aromatic nitrogens is 1. The molecule has 25 heavy (non-hydrogen) atoms. The van der Waals surface area contributed by atoms with Crippen LogP contribution in [0.15, 0.2) is 54.6 Å². The first-order chi connectivity index (χ1) is 12.2. The molecule has 2 aromatic carbocycles. The number of hydrogen-bond acceptors (Lipinski definition) is 3. The van der Waals surface area contributed by atoms with Crippen LogP contribution in [0.5, 0.6) is 5.75 Å². The molecule has 0 aliphatic carbocycles. The lowest BCUT2D eigenvalue weighted by Gasteiger charge is -2.12. The second kappa shape index (κ2) is 7.79. The van der Waals surface area contributed by atoms with E-state index >= 15 is 0 Å². The molecular formula is C21H21NO3. The maximum atomic E-state index is 10.9. The zero-order valence-corrected chi connectivity index (χ0v) is 14.2. The van der Waals surface area contributed by atoms with Crippen molar-refractivity contribution in [2.24, 2.45) is 0 Å². The molecule has 0 atom stereocenters. The second-order valence-corrected chi connectivity index (χ2v) is 6.05. The topological polar surface area (TPSA) is 59.4 Å². The van der Waals surface area contributed by atoms with Gasteiger partial charge in [-0.25, -0.2) is 4.98 Å². The highest BCUT2D eigenvalue weighted by Crippen LogP contribution is 2.23. The third-order valence-corrected chi connectivity index (χ3v) is 4.03. The molecule has 4 heteroatoms. The van der Waals surface area contributed by atoms with Crippen LogP contribution in [0.25, 0.3) is 10.9 Å². The Hall–Kier alpha value is -2.88. The molecule has 3 rings (SSSR count). The van der Waals surface area contributed by atoms with Gasteiger partial charge >= 0.3 is 5.97 Å². The second-order valence-electron chi connectivity index (χ2n) is 6.05. The van der Waals surface area contributed by atoms with Crippen LogP contribution in [0.4, 0.5) is 0 Å². The number of pyridine rings is 1. The first kappa shape index (κ1) is 17.0. The number of para-hydroxylation sites is 1. The molecule has 0 amide bonds. The molecule has 0 aliphatic rings. The minimum absolute atomic E-state index is 0.0310. The van der Waals surface area contributed by atoms with Gasteiger partial charge in [0.1, 0.15) is 12.4 Å². The molecule has 0 radical (unpaired) electrons. The van der Waals surface area contributed by atoms with Crippen molar-refractivity contribution in [2.45, 2.75) is 32.8 Å². The number of fused-ring (bicyclic) bond motifs is 1. The van der Waals surface area contributed by atoms with E-state index in [1.165, 1.54) is 0 Å². The number of rotatable bonds is 7. The van der Waals surface area contributed by atoms with E-state index < -0.39 is 5.97 Å². The summed E-state index contributed by atoms with van der Waals surface area (Å²) in [4.78, 5) is 15.5. The number of carbonyl (C=O) groups is 1. The first-order valence-corrected chi connectivity index (χ1v) is 8.47. The van der Waals surface area contributed by atoms with Crippen LogP contribution in [0.2, 0.25) is 0 Å². The van der Waals surface area contributed by atoms with Crippen molar-refractivity contribution in [2.75, 3.05) is 0 Å². The van der Waals surface area contributed by atoms with E-state index in [1.807, 2.05) is 54.6 Å². The lowest BCUT2D eigenvalue weighted by atomic mass is 10.0. The molecule has 0 saturated carbocycles. The summed E-state index contributed by atoms with van der Waals surface area (Å²) in [5, 5.41) is 10.1.